The number of nitrogens with zero attached hydrogens (tertiary/aromatic N) is 1. The molecule has 0 N–H and O–H groups in total. The van der Waals surface area contributed by atoms with Crippen LogP contribution in [0.4, 0.5) is 0 Å². The Morgan fingerprint density at radius 2 is 2.09 bits per heavy atom. The van der Waals surface area contributed by atoms with Gasteiger partial charge in [-0.3, -0.25) is 0 Å². The second-order valence-corrected chi connectivity index (χ2v) is 3.98. The average Bonchev–Trinajstić information content (AvgIpc) is 2.55. The van der Waals surface area contributed by atoms with E-state index in [1.165, 1.54) is 12.8 Å². The SMILES string of the molecule is CCC(Cl)(C#N)C1CCCC1. The van der Waals surface area contributed by atoms with E-state index in [4.69, 9.17) is 16.9 Å². The van der Waals surface area contributed by atoms with E-state index < -0.39 is 4.87 Å². The van der Waals surface area contributed by atoms with E-state index in [0.717, 1.165) is 19.3 Å². The van der Waals surface area contributed by atoms with E-state index in [9.17, 15) is 0 Å². The molecule has 1 unspecified atom stereocenters. The summed E-state index contributed by atoms with van der Waals surface area (Å²) in [6.45, 7) is 1.99. The molecule has 0 spiro atoms. The predicted octanol–water partition coefficient (Wildman–Crippen LogP) is 3.09. The third-order valence-corrected chi connectivity index (χ3v) is 3.36. The Kier molecular flexibility index (Phi) is 2.78. The van der Waals surface area contributed by atoms with E-state index in [0.29, 0.717) is 5.92 Å². The molecule has 0 aromatic carbocycles. The molecule has 0 saturated heterocycles. The van der Waals surface area contributed by atoms with Gasteiger partial charge in [-0.05, 0) is 25.2 Å². The molecule has 1 saturated carbocycles. The van der Waals surface area contributed by atoms with Crippen LogP contribution in [0.25, 0.3) is 0 Å². The molecule has 0 bridgehead atoms. The lowest BCUT2D eigenvalue weighted by molar-refractivity contribution is 0.434. The molecule has 1 aliphatic carbocycles. The maximum absolute atomic E-state index is 8.86. The minimum Gasteiger partial charge on any atom is -0.196 e. The zero-order valence-corrected chi connectivity index (χ0v) is 7.69. The maximum atomic E-state index is 8.86. The third kappa shape index (κ3) is 1.68. The van der Waals surface area contributed by atoms with Crippen LogP contribution in [-0.4, -0.2) is 4.87 Å². The van der Waals surface area contributed by atoms with E-state index in [-0.39, 0.29) is 0 Å². The van der Waals surface area contributed by atoms with Crippen molar-refractivity contribution < 1.29 is 0 Å². The minimum absolute atomic E-state index is 0.444. The van der Waals surface area contributed by atoms with Crippen LogP contribution in [-0.2, 0) is 0 Å². The average molecular weight is 172 g/mol. The summed E-state index contributed by atoms with van der Waals surface area (Å²) in [5.41, 5.74) is 0. The lowest BCUT2D eigenvalue weighted by Gasteiger charge is -2.23. The van der Waals surface area contributed by atoms with Crippen molar-refractivity contribution in [1.82, 2.24) is 0 Å². The molecule has 0 heterocycles. The van der Waals surface area contributed by atoms with Gasteiger partial charge in [0.25, 0.3) is 0 Å². The van der Waals surface area contributed by atoms with Crippen molar-refractivity contribution in [2.24, 2.45) is 5.92 Å². The van der Waals surface area contributed by atoms with E-state index in [2.05, 4.69) is 6.07 Å². The molecule has 0 aliphatic heterocycles. The first-order chi connectivity index (χ1) is 5.23. The van der Waals surface area contributed by atoms with E-state index >= 15 is 0 Å². The Morgan fingerprint density at radius 1 is 1.55 bits per heavy atom. The second-order valence-electron chi connectivity index (χ2n) is 3.31. The molecule has 11 heavy (non-hydrogen) atoms. The van der Waals surface area contributed by atoms with Crippen LogP contribution in [0, 0.1) is 17.2 Å². The molecular weight excluding hydrogens is 158 g/mol. The number of hydrogen-bond acceptors (Lipinski definition) is 1. The highest BCUT2D eigenvalue weighted by Crippen LogP contribution is 2.39. The highest BCUT2D eigenvalue weighted by atomic mass is 35.5. The van der Waals surface area contributed by atoms with Gasteiger partial charge in [-0.1, -0.05) is 19.8 Å². The molecule has 0 aromatic rings. The highest BCUT2D eigenvalue weighted by molar-refractivity contribution is 6.26. The molecule has 1 aliphatic rings. The van der Waals surface area contributed by atoms with Crippen LogP contribution in [0.2, 0.25) is 0 Å². The quantitative estimate of drug-likeness (QED) is 0.586. The van der Waals surface area contributed by atoms with Crippen molar-refractivity contribution in [3.63, 3.8) is 0 Å². The summed E-state index contributed by atoms with van der Waals surface area (Å²) in [6, 6.07) is 2.24. The first kappa shape index (κ1) is 8.87. The number of rotatable bonds is 2. The molecule has 2 heteroatoms. The van der Waals surface area contributed by atoms with Crippen LogP contribution >= 0.6 is 11.6 Å². The van der Waals surface area contributed by atoms with Gasteiger partial charge in [0.05, 0.1) is 6.07 Å². The molecule has 1 rings (SSSR count). The first-order valence-corrected chi connectivity index (χ1v) is 4.71. The summed E-state index contributed by atoms with van der Waals surface area (Å²) >= 11 is 6.15. The van der Waals surface area contributed by atoms with E-state index in [1.54, 1.807) is 0 Å². The molecule has 62 valence electrons. The van der Waals surface area contributed by atoms with Gasteiger partial charge in [-0.25, -0.2) is 0 Å². The second kappa shape index (κ2) is 3.45. The number of halogens is 1. The fraction of sp³-hybridized carbons (Fsp3) is 0.889. The van der Waals surface area contributed by atoms with Gasteiger partial charge in [0.2, 0.25) is 0 Å². The van der Waals surface area contributed by atoms with E-state index in [1.807, 2.05) is 6.92 Å². The summed E-state index contributed by atoms with van der Waals surface area (Å²) in [6.07, 6.45) is 5.56. The van der Waals surface area contributed by atoms with Crippen molar-refractivity contribution in [3.05, 3.63) is 0 Å². The molecule has 1 atom stereocenters. The summed E-state index contributed by atoms with van der Waals surface area (Å²) < 4.78 is 0. The summed E-state index contributed by atoms with van der Waals surface area (Å²) in [4.78, 5) is -0.559. The molecular formula is C9H14ClN. The van der Waals surface area contributed by atoms with Crippen molar-refractivity contribution in [1.29, 1.82) is 5.26 Å². The van der Waals surface area contributed by atoms with Crippen molar-refractivity contribution in [2.45, 2.75) is 43.9 Å². The maximum Gasteiger partial charge on any atom is 0.133 e. The topological polar surface area (TPSA) is 23.8 Å². The monoisotopic (exact) mass is 171 g/mol. The van der Waals surface area contributed by atoms with Gasteiger partial charge in [0, 0.05) is 0 Å². The highest BCUT2D eigenvalue weighted by Gasteiger charge is 2.36. The number of hydrogen-bond donors (Lipinski definition) is 0. The van der Waals surface area contributed by atoms with Gasteiger partial charge >= 0.3 is 0 Å². The Morgan fingerprint density at radius 3 is 2.45 bits per heavy atom. The molecule has 0 amide bonds. The van der Waals surface area contributed by atoms with Crippen LogP contribution < -0.4 is 0 Å². The van der Waals surface area contributed by atoms with Crippen LogP contribution in [0.3, 0.4) is 0 Å². The Hall–Kier alpha value is -0.220. The fourth-order valence-electron chi connectivity index (χ4n) is 1.84. The van der Waals surface area contributed by atoms with Gasteiger partial charge in [-0.15, -0.1) is 11.6 Å². The molecule has 0 radical (unpaired) electrons. The van der Waals surface area contributed by atoms with Crippen LogP contribution in [0.5, 0.6) is 0 Å². The summed E-state index contributed by atoms with van der Waals surface area (Å²) in [7, 11) is 0. The van der Waals surface area contributed by atoms with Gasteiger partial charge < -0.3 is 0 Å². The largest absolute Gasteiger partial charge is 0.196 e. The van der Waals surface area contributed by atoms with Gasteiger partial charge in [0.1, 0.15) is 4.87 Å². The molecule has 1 nitrogen and oxygen atoms in total. The zero-order chi connectivity index (χ0) is 8.32. The standard InChI is InChI=1S/C9H14ClN/c1-2-9(10,7-11)8-5-3-4-6-8/h8H,2-6H2,1H3. The van der Waals surface area contributed by atoms with Gasteiger partial charge in [-0.2, -0.15) is 5.26 Å². The Balaban J connectivity index is 2.61. The summed E-state index contributed by atoms with van der Waals surface area (Å²) in [5, 5.41) is 8.86. The normalized spacial score (nSPS) is 24.5. The third-order valence-electron chi connectivity index (χ3n) is 2.70. The number of alkyl halides is 1. The van der Waals surface area contributed by atoms with Crippen molar-refractivity contribution in [3.8, 4) is 6.07 Å². The minimum atomic E-state index is -0.559. The van der Waals surface area contributed by atoms with Crippen molar-refractivity contribution in [2.75, 3.05) is 0 Å². The van der Waals surface area contributed by atoms with Crippen LogP contribution in [0.1, 0.15) is 39.0 Å². The number of nitriles is 1. The Bertz CT molecular complexity index is 167. The fourth-order valence-corrected chi connectivity index (χ4v) is 2.06. The summed E-state index contributed by atoms with van der Waals surface area (Å²) in [5.74, 6) is 0.444. The van der Waals surface area contributed by atoms with Crippen LogP contribution in [0.15, 0.2) is 0 Å². The van der Waals surface area contributed by atoms with Crippen molar-refractivity contribution >= 4 is 11.6 Å². The smallest absolute Gasteiger partial charge is 0.133 e. The Labute approximate surface area is 73.3 Å². The molecule has 1 fully saturated rings. The predicted molar refractivity (Wildman–Crippen MR) is 46.4 cm³/mol. The zero-order valence-electron chi connectivity index (χ0n) is 6.94. The molecule has 0 aromatic heterocycles. The van der Waals surface area contributed by atoms with Gasteiger partial charge in [0.15, 0.2) is 0 Å². The first-order valence-electron chi connectivity index (χ1n) is 4.33. The lowest BCUT2D eigenvalue weighted by Crippen LogP contribution is -2.27. The lowest BCUT2D eigenvalue weighted by atomic mass is 9.89.